The van der Waals surface area contributed by atoms with Gasteiger partial charge in [0.1, 0.15) is 0 Å². The van der Waals surface area contributed by atoms with Crippen molar-refractivity contribution in [3.8, 4) is 12.3 Å². The van der Waals surface area contributed by atoms with Crippen LogP contribution in [0.4, 0.5) is 5.69 Å². The van der Waals surface area contributed by atoms with Gasteiger partial charge in [-0.1, -0.05) is 53.1 Å². The van der Waals surface area contributed by atoms with Crippen LogP contribution in [0.25, 0.3) is 10.2 Å². The van der Waals surface area contributed by atoms with Crippen LogP contribution >= 0.6 is 22.9 Å². The maximum Gasteiger partial charge on any atom is 0.279 e. The number of amides is 1. The highest BCUT2D eigenvalue weighted by Crippen LogP contribution is 2.32. The SMILES string of the molecule is C#CCn1c(=NC(=O)c2ccc(S(=O)(=O)N3CCc4ccccc43)cc2)sc2cccc(Cl)c21. The molecule has 0 saturated carbocycles. The van der Waals surface area contributed by atoms with E-state index >= 15 is 0 Å². The second-order valence-corrected chi connectivity index (χ2v) is 10.9. The molecule has 1 aromatic heterocycles. The number of nitrogens with zero attached hydrogens (tertiary/aromatic N) is 3. The van der Waals surface area contributed by atoms with Crippen LogP contribution in [0.5, 0.6) is 0 Å². The van der Waals surface area contributed by atoms with E-state index < -0.39 is 15.9 Å². The van der Waals surface area contributed by atoms with Crippen molar-refractivity contribution in [3.63, 3.8) is 0 Å². The molecule has 170 valence electrons. The Morgan fingerprint density at radius 3 is 2.62 bits per heavy atom. The molecule has 2 heterocycles. The van der Waals surface area contributed by atoms with Gasteiger partial charge in [0.15, 0.2) is 4.80 Å². The molecule has 5 rings (SSSR count). The van der Waals surface area contributed by atoms with Crippen molar-refractivity contribution < 1.29 is 13.2 Å². The topological polar surface area (TPSA) is 71.7 Å². The predicted molar refractivity (Wildman–Crippen MR) is 135 cm³/mol. The van der Waals surface area contributed by atoms with E-state index in [1.807, 2.05) is 30.3 Å². The zero-order valence-electron chi connectivity index (χ0n) is 17.8. The fourth-order valence-electron chi connectivity index (χ4n) is 4.02. The minimum atomic E-state index is -3.74. The van der Waals surface area contributed by atoms with Crippen molar-refractivity contribution in [1.29, 1.82) is 0 Å². The molecule has 1 aliphatic heterocycles. The van der Waals surface area contributed by atoms with E-state index in [0.29, 0.717) is 28.5 Å². The molecule has 4 aromatic rings. The molecular weight excluding hydrogens is 490 g/mol. The number of sulfonamides is 1. The molecular formula is C25H18ClN3O3S2. The summed E-state index contributed by atoms with van der Waals surface area (Å²) in [5.41, 5.74) is 2.70. The van der Waals surface area contributed by atoms with Gasteiger partial charge in [-0.15, -0.1) is 6.42 Å². The van der Waals surface area contributed by atoms with Crippen molar-refractivity contribution in [2.75, 3.05) is 10.8 Å². The lowest BCUT2D eigenvalue weighted by molar-refractivity contribution is 0.0998. The van der Waals surface area contributed by atoms with Crippen LogP contribution in [0, 0.1) is 12.3 Å². The first-order chi connectivity index (χ1) is 16.4. The van der Waals surface area contributed by atoms with Crippen LogP contribution in [-0.4, -0.2) is 25.4 Å². The number of thiazole rings is 1. The number of carbonyl (C=O) groups excluding carboxylic acids is 1. The number of carbonyl (C=O) groups is 1. The number of benzene rings is 3. The summed E-state index contributed by atoms with van der Waals surface area (Å²) in [4.78, 5) is 17.7. The zero-order valence-corrected chi connectivity index (χ0v) is 20.2. The van der Waals surface area contributed by atoms with Crippen molar-refractivity contribution in [2.45, 2.75) is 17.9 Å². The first-order valence-corrected chi connectivity index (χ1v) is 13.0. The molecule has 0 unspecified atom stereocenters. The highest BCUT2D eigenvalue weighted by molar-refractivity contribution is 7.92. The molecule has 0 N–H and O–H groups in total. The Balaban J connectivity index is 1.48. The second-order valence-electron chi connectivity index (χ2n) is 7.66. The fourth-order valence-corrected chi connectivity index (χ4v) is 6.91. The summed E-state index contributed by atoms with van der Waals surface area (Å²) in [7, 11) is -3.74. The van der Waals surface area contributed by atoms with Gasteiger partial charge < -0.3 is 4.57 Å². The number of anilines is 1. The molecule has 34 heavy (non-hydrogen) atoms. The maximum absolute atomic E-state index is 13.2. The summed E-state index contributed by atoms with van der Waals surface area (Å²) in [6.07, 6.45) is 6.18. The molecule has 0 spiro atoms. The van der Waals surface area contributed by atoms with Crippen molar-refractivity contribution in [3.05, 3.63) is 87.7 Å². The first kappa shape index (κ1) is 22.4. The molecule has 1 amide bonds. The van der Waals surface area contributed by atoms with Crippen LogP contribution in [0.3, 0.4) is 0 Å². The summed E-state index contributed by atoms with van der Waals surface area (Å²) in [6.45, 7) is 0.603. The van der Waals surface area contributed by atoms with E-state index in [0.717, 1.165) is 15.8 Å². The highest BCUT2D eigenvalue weighted by atomic mass is 35.5. The quantitative estimate of drug-likeness (QED) is 0.382. The van der Waals surface area contributed by atoms with Crippen molar-refractivity contribution in [1.82, 2.24) is 4.57 Å². The monoisotopic (exact) mass is 507 g/mol. The largest absolute Gasteiger partial charge is 0.303 e. The van der Waals surface area contributed by atoms with Crippen molar-refractivity contribution >= 4 is 54.8 Å². The molecule has 0 aliphatic carbocycles. The normalized spacial score (nSPS) is 13.8. The smallest absolute Gasteiger partial charge is 0.279 e. The first-order valence-electron chi connectivity index (χ1n) is 10.4. The Hall–Kier alpha value is -3.38. The lowest BCUT2D eigenvalue weighted by atomic mass is 10.2. The van der Waals surface area contributed by atoms with Gasteiger partial charge in [-0.2, -0.15) is 4.99 Å². The van der Waals surface area contributed by atoms with Gasteiger partial charge >= 0.3 is 0 Å². The number of hydrogen-bond donors (Lipinski definition) is 0. The lowest BCUT2D eigenvalue weighted by Crippen LogP contribution is -2.29. The standard InChI is InChI=1S/C25H18ClN3O3S2/c1-2-15-28-23-20(26)7-5-9-22(23)33-25(28)27-24(30)18-10-12-19(13-11-18)34(31,32)29-16-14-17-6-3-4-8-21(17)29/h1,3-13H,14-16H2. The third-order valence-corrected chi connectivity index (χ3v) is 8.81. The van der Waals surface area contributed by atoms with Gasteiger partial charge in [0, 0.05) is 12.1 Å². The minimum absolute atomic E-state index is 0.122. The minimum Gasteiger partial charge on any atom is -0.303 e. The number of rotatable bonds is 4. The Labute approximate surface area is 205 Å². The summed E-state index contributed by atoms with van der Waals surface area (Å²) in [5, 5.41) is 0.524. The van der Waals surface area contributed by atoms with Crippen LogP contribution in [0.2, 0.25) is 5.02 Å². The number of terminal acetylenes is 1. The number of para-hydroxylation sites is 2. The summed E-state index contributed by atoms with van der Waals surface area (Å²) in [5.74, 6) is 2.07. The summed E-state index contributed by atoms with van der Waals surface area (Å²) >= 11 is 7.65. The average Bonchev–Trinajstić information content (AvgIpc) is 3.42. The van der Waals surface area contributed by atoms with Gasteiger partial charge in [0.2, 0.25) is 0 Å². The Kier molecular flexibility index (Phi) is 5.78. The number of hydrogen-bond acceptors (Lipinski definition) is 4. The van der Waals surface area contributed by atoms with Gasteiger partial charge in [0.25, 0.3) is 15.9 Å². The number of aromatic nitrogens is 1. The highest BCUT2D eigenvalue weighted by Gasteiger charge is 2.30. The fraction of sp³-hybridized carbons (Fsp3) is 0.120. The van der Waals surface area contributed by atoms with Gasteiger partial charge in [-0.25, -0.2) is 8.42 Å². The number of halogens is 1. The molecule has 9 heteroatoms. The van der Waals surface area contributed by atoms with Crippen molar-refractivity contribution in [2.24, 2.45) is 4.99 Å². The average molecular weight is 508 g/mol. The Morgan fingerprint density at radius 1 is 1.09 bits per heavy atom. The molecule has 0 fully saturated rings. The van der Waals surface area contributed by atoms with Gasteiger partial charge in [-0.3, -0.25) is 9.10 Å². The molecule has 0 bridgehead atoms. The molecule has 0 atom stereocenters. The van der Waals surface area contributed by atoms with E-state index in [4.69, 9.17) is 18.0 Å². The Morgan fingerprint density at radius 2 is 1.85 bits per heavy atom. The van der Waals surface area contributed by atoms with Crippen LogP contribution in [-0.2, 0) is 23.0 Å². The van der Waals surface area contributed by atoms with E-state index in [2.05, 4.69) is 10.9 Å². The molecule has 1 aliphatic rings. The molecule has 6 nitrogen and oxygen atoms in total. The molecule has 0 saturated heterocycles. The molecule has 3 aromatic carbocycles. The Bertz CT molecular complexity index is 1650. The van der Waals surface area contributed by atoms with Crippen LogP contribution < -0.4 is 9.11 Å². The second kappa shape index (κ2) is 8.76. The summed E-state index contributed by atoms with van der Waals surface area (Å²) in [6, 6.07) is 18.8. The van der Waals surface area contributed by atoms with Crippen LogP contribution in [0.1, 0.15) is 15.9 Å². The number of fused-ring (bicyclic) bond motifs is 2. The van der Waals surface area contributed by atoms with E-state index in [-0.39, 0.29) is 17.0 Å². The predicted octanol–water partition coefficient (Wildman–Crippen LogP) is 4.48. The van der Waals surface area contributed by atoms with E-state index in [9.17, 15) is 13.2 Å². The summed E-state index contributed by atoms with van der Waals surface area (Å²) < 4.78 is 30.4. The van der Waals surface area contributed by atoms with Gasteiger partial charge in [0.05, 0.1) is 32.4 Å². The third-order valence-electron chi connectivity index (χ3n) is 5.63. The lowest BCUT2D eigenvalue weighted by Gasteiger charge is -2.19. The maximum atomic E-state index is 13.2. The zero-order chi connectivity index (χ0) is 23.9. The van der Waals surface area contributed by atoms with E-state index in [1.54, 1.807) is 16.7 Å². The third kappa shape index (κ3) is 3.82. The van der Waals surface area contributed by atoms with Crippen LogP contribution in [0.15, 0.2) is 76.6 Å². The van der Waals surface area contributed by atoms with E-state index in [1.165, 1.54) is 39.9 Å². The van der Waals surface area contributed by atoms with Gasteiger partial charge in [-0.05, 0) is 54.4 Å². The molecule has 0 radical (unpaired) electrons.